The van der Waals surface area contributed by atoms with E-state index in [2.05, 4.69) is 34.1 Å². The van der Waals surface area contributed by atoms with Crippen molar-refractivity contribution in [2.45, 2.75) is 51.1 Å². The van der Waals surface area contributed by atoms with Crippen LogP contribution in [0.1, 0.15) is 39.0 Å². The Bertz CT molecular complexity index is 309. The molecule has 1 aliphatic carbocycles. The van der Waals surface area contributed by atoms with Crippen molar-refractivity contribution >= 4 is 29.9 Å². The predicted molar refractivity (Wildman–Crippen MR) is 100 cm³/mol. The van der Waals surface area contributed by atoms with E-state index in [0.29, 0.717) is 18.0 Å². The van der Waals surface area contributed by atoms with Crippen LogP contribution in [0, 0.1) is 0 Å². The van der Waals surface area contributed by atoms with Crippen molar-refractivity contribution in [3.05, 3.63) is 0 Å². The van der Waals surface area contributed by atoms with E-state index in [1.807, 2.05) is 0 Å². The van der Waals surface area contributed by atoms with E-state index in [-0.39, 0.29) is 24.0 Å². The topological polar surface area (TPSA) is 56.9 Å². The molecule has 5 nitrogen and oxygen atoms in total. The zero-order valence-electron chi connectivity index (χ0n) is 13.6. The van der Waals surface area contributed by atoms with Crippen molar-refractivity contribution in [3.63, 3.8) is 0 Å². The zero-order chi connectivity index (χ0) is 14.4. The molecule has 6 heteroatoms. The van der Waals surface area contributed by atoms with Gasteiger partial charge in [0.25, 0.3) is 0 Å². The van der Waals surface area contributed by atoms with Crippen LogP contribution in [0.4, 0.5) is 0 Å². The summed E-state index contributed by atoms with van der Waals surface area (Å²) in [4.78, 5) is 9.43. The summed E-state index contributed by atoms with van der Waals surface area (Å²) in [6, 6.07) is 1.03. The fraction of sp³-hybridized carbons (Fsp3) is 0.933. The number of guanidine groups is 1. The molecular weight excluding hydrogens is 377 g/mol. The average Bonchev–Trinajstić information content (AvgIpc) is 2.46. The monoisotopic (exact) mass is 409 g/mol. The summed E-state index contributed by atoms with van der Waals surface area (Å²) in [5, 5.41) is 3.39. The number of rotatable bonds is 4. The first-order valence-corrected chi connectivity index (χ1v) is 8.14. The predicted octanol–water partition coefficient (Wildman–Crippen LogP) is 1.48. The summed E-state index contributed by atoms with van der Waals surface area (Å²) in [5.41, 5.74) is 6.02. The summed E-state index contributed by atoms with van der Waals surface area (Å²) in [7, 11) is 2.19. The Hall–Kier alpha value is -0.0800. The largest absolute Gasteiger partial charge is 0.370 e. The summed E-state index contributed by atoms with van der Waals surface area (Å²) in [5.74, 6) is 0.637. The van der Waals surface area contributed by atoms with Gasteiger partial charge in [-0.05, 0) is 26.8 Å². The fourth-order valence-corrected chi connectivity index (χ4v) is 3.11. The van der Waals surface area contributed by atoms with Crippen LogP contribution in [-0.2, 0) is 0 Å². The highest BCUT2D eigenvalue weighted by atomic mass is 127. The summed E-state index contributed by atoms with van der Waals surface area (Å²) < 4.78 is 0. The molecule has 0 bridgehead atoms. The number of nitrogens with zero attached hydrogens (tertiary/aromatic N) is 3. The third kappa shape index (κ3) is 6.69. The van der Waals surface area contributed by atoms with Crippen molar-refractivity contribution in [3.8, 4) is 0 Å². The molecule has 0 aromatic heterocycles. The Kier molecular flexibility index (Phi) is 8.89. The van der Waals surface area contributed by atoms with Crippen LogP contribution in [0.25, 0.3) is 0 Å². The number of hydrogen-bond donors (Lipinski definition) is 2. The van der Waals surface area contributed by atoms with Gasteiger partial charge in [-0.15, -0.1) is 24.0 Å². The molecule has 0 radical (unpaired) electrons. The van der Waals surface area contributed by atoms with Gasteiger partial charge in [0.15, 0.2) is 5.96 Å². The lowest BCUT2D eigenvalue weighted by molar-refractivity contribution is 0.122. The maximum atomic E-state index is 6.02. The van der Waals surface area contributed by atoms with E-state index < -0.39 is 0 Å². The third-order valence-corrected chi connectivity index (χ3v) is 4.64. The van der Waals surface area contributed by atoms with Crippen LogP contribution in [0.3, 0.4) is 0 Å². The first-order valence-electron chi connectivity index (χ1n) is 8.14. The van der Waals surface area contributed by atoms with Gasteiger partial charge in [0.1, 0.15) is 0 Å². The molecule has 1 aliphatic heterocycles. The number of nitrogens with two attached hydrogens (primary N) is 1. The molecule has 21 heavy (non-hydrogen) atoms. The second-order valence-electron chi connectivity index (χ2n) is 6.39. The maximum absolute atomic E-state index is 6.02. The molecule has 1 atom stereocenters. The minimum absolute atomic E-state index is 0. The van der Waals surface area contributed by atoms with E-state index in [0.717, 1.165) is 32.7 Å². The molecule has 1 unspecified atom stereocenters. The van der Waals surface area contributed by atoms with Crippen LogP contribution < -0.4 is 11.1 Å². The molecule has 1 heterocycles. The molecule has 3 N–H and O–H groups in total. The van der Waals surface area contributed by atoms with Gasteiger partial charge in [0, 0.05) is 38.3 Å². The van der Waals surface area contributed by atoms with Gasteiger partial charge in [-0.2, -0.15) is 0 Å². The standard InChI is InChI=1S/C15H31N5.HI/c1-13(20-10-8-19(2)9-11-20)12-17-15(16)18-14-6-4-3-5-7-14;/h13-14H,3-12H2,1-2H3,(H3,16,17,18);1H. The molecule has 124 valence electrons. The van der Waals surface area contributed by atoms with Gasteiger partial charge >= 0.3 is 0 Å². The lowest BCUT2D eigenvalue weighted by atomic mass is 9.96. The van der Waals surface area contributed by atoms with Crippen LogP contribution in [-0.4, -0.2) is 67.6 Å². The number of aliphatic imine (C=N–C) groups is 1. The molecule has 2 aliphatic rings. The average molecular weight is 409 g/mol. The highest BCUT2D eigenvalue weighted by Gasteiger charge is 2.19. The Morgan fingerprint density at radius 2 is 1.81 bits per heavy atom. The molecule has 2 rings (SSSR count). The van der Waals surface area contributed by atoms with E-state index in [1.54, 1.807) is 0 Å². The Morgan fingerprint density at radius 1 is 1.19 bits per heavy atom. The van der Waals surface area contributed by atoms with Gasteiger partial charge in [0.2, 0.25) is 0 Å². The highest BCUT2D eigenvalue weighted by molar-refractivity contribution is 14.0. The smallest absolute Gasteiger partial charge is 0.188 e. The van der Waals surface area contributed by atoms with E-state index in [4.69, 9.17) is 5.73 Å². The molecular formula is C15H32IN5. The first-order chi connectivity index (χ1) is 9.65. The van der Waals surface area contributed by atoms with Gasteiger partial charge < -0.3 is 16.0 Å². The number of likely N-dealkylation sites (N-methyl/N-ethyl adjacent to an activating group) is 1. The molecule has 0 aromatic rings. The van der Waals surface area contributed by atoms with Crippen molar-refractivity contribution in [2.24, 2.45) is 10.7 Å². The van der Waals surface area contributed by atoms with Gasteiger partial charge in [-0.3, -0.25) is 9.89 Å². The van der Waals surface area contributed by atoms with Crippen molar-refractivity contribution in [1.82, 2.24) is 15.1 Å². The number of hydrogen-bond acceptors (Lipinski definition) is 3. The minimum atomic E-state index is 0. The van der Waals surface area contributed by atoms with Gasteiger partial charge in [0.05, 0.1) is 6.54 Å². The summed E-state index contributed by atoms with van der Waals surface area (Å²) >= 11 is 0. The lowest BCUT2D eigenvalue weighted by Gasteiger charge is -2.35. The molecule has 2 fully saturated rings. The van der Waals surface area contributed by atoms with E-state index in [1.165, 1.54) is 32.1 Å². The zero-order valence-corrected chi connectivity index (χ0v) is 15.9. The van der Waals surface area contributed by atoms with Crippen molar-refractivity contribution in [1.29, 1.82) is 0 Å². The molecule has 1 saturated heterocycles. The van der Waals surface area contributed by atoms with Crippen LogP contribution >= 0.6 is 24.0 Å². The third-order valence-electron chi connectivity index (χ3n) is 4.64. The Labute approximate surface area is 146 Å². The van der Waals surface area contributed by atoms with Crippen LogP contribution in [0.15, 0.2) is 4.99 Å². The Morgan fingerprint density at radius 3 is 2.43 bits per heavy atom. The summed E-state index contributed by atoms with van der Waals surface area (Å²) in [6.07, 6.45) is 6.50. The molecule has 1 saturated carbocycles. The number of piperazine rings is 1. The first kappa shape index (κ1) is 19.0. The lowest BCUT2D eigenvalue weighted by Crippen LogP contribution is -2.49. The second-order valence-corrected chi connectivity index (χ2v) is 6.39. The quantitative estimate of drug-likeness (QED) is 0.420. The molecule has 0 spiro atoms. The van der Waals surface area contributed by atoms with E-state index in [9.17, 15) is 0 Å². The van der Waals surface area contributed by atoms with Crippen molar-refractivity contribution < 1.29 is 0 Å². The second kappa shape index (κ2) is 9.84. The van der Waals surface area contributed by atoms with Crippen LogP contribution in [0.2, 0.25) is 0 Å². The number of halogens is 1. The SMILES string of the molecule is CC(CN=C(N)NC1CCCCC1)N1CCN(C)CC1.I. The summed E-state index contributed by atoms with van der Waals surface area (Å²) in [6.45, 7) is 7.65. The highest BCUT2D eigenvalue weighted by Crippen LogP contribution is 2.17. The van der Waals surface area contributed by atoms with Gasteiger partial charge in [-0.1, -0.05) is 19.3 Å². The number of nitrogens with one attached hydrogen (secondary N) is 1. The van der Waals surface area contributed by atoms with Crippen LogP contribution in [0.5, 0.6) is 0 Å². The maximum Gasteiger partial charge on any atom is 0.188 e. The van der Waals surface area contributed by atoms with Crippen molar-refractivity contribution in [2.75, 3.05) is 39.8 Å². The fourth-order valence-electron chi connectivity index (χ4n) is 3.11. The normalized spacial score (nSPS) is 24.4. The molecule has 0 aromatic carbocycles. The van der Waals surface area contributed by atoms with E-state index >= 15 is 0 Å². The molecule has 0 amide bonds. The Balaban J connectivity index is 0.00000220. The minimum Gasteiger partial charge on any atom is -0.370 e. The van der Waals surface area contributed by atoms with Gasteiger partial charge in [-0.25, -0.2) is 0 Å².